The van der Waals surface area contributed by atoms with Crippen LogP contribution in [0.15, 0.2) is 18.5 Å². The number of carbonyl (C=O) groups excluding carboxylic acids is 1. The summed E-state index contributed by atoms with van der Waals surface area (Å²) in [5.41, 5.74) is 3.42. The lowest BCUT2D eigenvalue weighted by atomic mass is 10.1. The molecule has 0 fully saturated rings. The highest BCUT2D eigenvalue weighted by Crippen LogP contribution is 2.11. The molecule has 0 spiro atoms. The minimum Gasteiger partial charge on any atom is -0.356 e. The van der Waals surface area contributed by atoms with Gasteiger partial charge in [0, 0.05) is 24.6 Å². The van der Waals surface area contributed by atoms with E-state index >= 15 is 0 Å². The summed E-state index contributed by atoms with van der Waals surface area (Å²) in [6.07, 6.45) is 5.44. The second kappa shape index (κ2) is 7.06. The van der Waals surface area contributed by atoms with Crippen molar-refractivity contribution in [2.45, 2.75) is 40.2 Å². The van der Waals surface area contributed by atoms with Crippen molar-refractivity contribution in [2.75, 3.05) is 6.54 Å². The highest BCUT2D eigenvalue weighted by atomic mass is 16.1. The van der Waals surface area contributed by atoms with Crippen LogP contribution in [0.3, 0.4) is 0 Å². The summed E-state index contributed by atoms with van der Waals surface area (Å²) in [6, 6.07) is 1.86. The molecule has 0 radical (unpaired) electrons. The second-order valence-corrected chi connectivity index (χ2v) is 5.44. The maximum atomic E-state index is 12.0. The summed E-state index contributed by atoms with van der Waals surface area (Å²) in [4.78, 5) is 12.0. The highest BCUT2D eigenvalue weighted by molar-refractivity contribution is 5.78. The van der Waals surface area contributed by atoms with E-state index in [1.807, 2.05) is 33.0 Å². The van der Waals surface area contributed by atoms with Crippen LogP contribution in [0.1, 0.15) is 30.3 Å². The van der Waals surface area contributed by atoms with E-state index in [-0.39, 0.29) is 11.8 Å². The number of hydrogen-bond acceptors (Lipinski definition) is 3. The van der Waals surface area contributed by atoms with Crippen molar-refractivity contribution in [3.8, 4) is 0 Å². The van der Waals surface area contributed by atoms with Crippen LogP contribution in [0.25, 0.3) is 0 Å². The maximum absolute atomic E-state index is 12.0. The second-order valence-electron chi connectivity index (χ2n) is 5.44. The summed E-state index contributed by atoms with van der Waals surface area (Å²) in [6.45, 7) is 7.25. The van der Waals surface area contributed by atoms with Gasteiger partial charge < -0.3 is 5.32 Å². The molecular formula is C15H23N5O. The molecule has 114 valence electrons. The van der Waals surface area contributed by atoms with Gasteiger partial charge in [0.2, 0.25) is 5.91 Å². The topological polar surface area (TPSA) is 75.6 Å². The molecule has 2 rings (SSSR count). The lowest BCUT2D eigenvalue weighted by Gasteiger charge is -2.12. The van der Waals surface area contributed by atoms with Gasteiger partial charge in [-0.15, -0.1) is 0 Å². The maximum Gasteiger partial charge on any atom is 0.224 e. The Labute approximate surface area is 124 Å². The average molecular weight is 289 g/mol. The van der Waals surface area contributed by atoms with Crippen LogP contribution in [0, 0.1) is 19.8 Å². The van der Waals surface area contributed by atoms with Gasteiger partial charge in [0.05, 0.1) is 18.2 Å². The molecule has 1 amide bonds. The molecule has 21 heavy (non-hydrogen) atoms. The Kier molecular flexibility index (Phi) is 5.14. The fourth-order valence-electron chi connectivity index (χ4n) is 2.37. The quantitative estimate of drug-likeness (QED) is 0.760. The first-order chi connectivity index (χ1) is 10.1. The Hall–Kier alpha value is -2.11. The number of aromatic nitrogens is 4. The highest BCUT2D eigenvalue weighted by Gasteiger charge is 2.13. The molecule has 2 heterocycles. The van der Waals surface area contributed by atoms with E-state index in [2.05, 4.69) is 20.6 Å². The molecule has 0 saturated carbocycles. The smallest absolute Gasteiger partial charge is 0.224 e. The fraction of sp³-hybridized carbons (Fsp3) is 0.533. The molecular weight excluding hydrogens is 266 g/mol. The number of hydrogen-bond donors (Lipinski definition) is 2. The molecule has 0 aliphatic carbocycles. The molecule has 6 nitrogen and oxygen atoms in total. The number of amides is 1. The number of nitrogens with one attached hydrogen (secondary N) is 2. The Morgan fingerprint density at radius 3 is 2.90 bits per heavy atom. The van der Waals surface area contributed by atoms with Crippen LogP contribution in [-0.4, -0.2) is 32.4 Å². The SMILES string of the molecule is Cc1n[nH]c(C)c1CCCNC(=O)C(C)Cn1cccn1. The third-order valence-electron chi connectivity index (χ3n) is 3.65. The van der Waals surface area contributed by atoms with Gasteiger partial charge in [0.15, 0.2) is 0 Å². The van der Waals surface area contributed by atoms with Gasteiger partial charge in [0.1, 0.15) is 0 Å². The molecule has 0 bridgehead atoms. The third kappa shape index (κ3) is 4.18. The van der Waals surface area contributed by atoms with E-state index in [1.54, 1.807) is 10.9 Å². The Bertz CT molecular complexity index is 553. The number of aromatic amines is 1. The van der Waals surface area contributed by atoms with Crippen molar-refractivity contribution in [3.63, 3.8) is 0 Å². The van der Waals surface area contributed by atoms with Crippen molar-refractivity contribution in [2.24, 2.45) is 5.92 Å². The normalized spacial score (nSPS) is 12.3. The number of nitrogens with zero attached hydrogens (tertiary/aromatic N) is 3. The predicted octanol–water partition coefficient (Wildman–Crippen LogP) is 1.61. The van der Waals surface area contributed by atoms with E-state index in [0.29, 0.717) is 13.1 Å². The molecule has 0 aromatic carbocycles. The molecule has 0 saturated heterocycles. The van der Waals surface area contributed by atoms with Crippen LogP contribution in [-0.2, 0) is 17.8 Å². The van der Waals surface area contributed by atoms with E-state index in [4.69, 9.17) is 0 Å². The average Bonchev–Trinajstić information content (AvgIpc) is 3.07. The van der Waals surface area contributed by atoms with E-state index in [1.165, 1.54) is 5.56 Å². The van der Waals surface area contributed by atoms with Crippen molar-refractivity contribution in [3.05, 3.63) is 35.4 Å². The Balaban J connectivity index is 1.69. The Morgan fingerprint density at radius 1 is 1.48 bits per heavy atom. The summed E-state index contributed by atoms with van der Waals surface area (Å²) in [7, 11) is 0. The molecule has 0 aliphatic heterocycles. The fourth-order valence-corrected chi connectivity index (χ4v) is 2.37. The van der Waals surface area contributed by atoms with Crippen LogP contribution >= 0.6 is 0 Å². The third-order valence-corrected chi connectivity index (χ3v) is 3.65. The van der Waals surface area contributed by atoms with Gasteiger partial charge in [-0.25, -0.2) is 0 Å². The number of H-pyrrole nitrogens is 1. The van der Waals surface area contributed by atoms with Gasteiger partial charge in [0.25, 0.3) is 0 Å². The summed E-state index contributed by atoms with van der Waals surface area (Å²) < 4.78 is 1.78. The number of aryl methyl sites for hydroxylation is 2. The molecule has 1 atom stereocenters. The molecule has 6 heteroatoms. The summed E-state index contributed by atoms with van der Waals surface area (Å²) in [5, 5.41) is 14.3. The first-order valence-electron chi connectivity index (χ1n) is 7.33. The van der Waals surface area contributed by atoms with Gasteiger partial charge in [-0.05, 0) is 38.3 Å². The van der Waals surface area contributed by atoms with Crippen LogP contribution in [0.4, 0.5) is 0 Å². The van der Waals surface area contributed by atoms with Gasteiger partial charge in [-0.2, -0.15) is 10.2 Å². The summed E-state index contributed by atoms with van der Waals surface area (Å²) in [5.74, 6) is -0.00608. The van der Waals surface area contributed by atoms with Crippen molar-refractivity contribution < 1.29 is 4.79 Å². The van der Waals surface area contributed by atoms with E-state index in [0.717, 1.165) is 24.2 Å². The Morgan fingerprint density at radius 2 is 2.29 bits per heavy atom. The first kappa shape index (κ1) is 15.3. The van der Waals surface area contributed by atoms with Gasteiger partial charge >= 0.3 is 0 Å². The zero-order chi connectivity index (χ0) is 15.2. The van der Waals surface area contributed by atoms with Gasteiger partial charge in [-0.3, -0.25) is 14.6 Å². The standard InChI is InChI=1S/C15H23N5O/c1-11(10-20-9-5-8-17-20)15(21)16-7-4-6-14-12(2)18-19-13(14)3/h5,8-9,11H,4,6-7,10H2,1-3H3,(H,16,21)(H,18,19). The minimum absolute atomic E-state index is 0.0751. The minimum atomic E-state index is -0.0812. The molecule has 2 N–H and O–H groups in total. The lowest BCUT2D eigenvalue weighted by Crippen LogP contribution is -2.32. The monoisotopic (exact) mass is 289 g/mol. The summed E-state index contributed by atoms with van der Waals surface area (Å²) >= 11 is 0. The van der Waals surface area contributed by atoms with Crippen molar-refractivity contribution in [1.82, 2.24) is 25.3 Å². The van der Waals surface area contributed by atoms with Crippen molar-refractivity contribution >= 4 is 5.91 Å². The van der Waals surface area contributed by atoms with Crippen molar-refractivity contribution in [1.29, 1.82) is 0 Å². The van der Waals surface area contributed by atoms with Crippen LogP contribution < -0.4 is 5.32 Å². The predicted molar refractivity (Wildman–Crippen MR) is 80.8 cm³/mol. The number of carbonyl (C=O) groups is 1. The number of rotatable bonds is 7. The van der Waals surface area contributed by atoms with E-state index in [9.17, 15) is 4.79 Å². The molecule has 0 aliphatic rings. The molecule has 1 unspecified atom stereocenters. The van der Waals surface area contributed by atoms with E-state index < -0.39 is 0 Å². The zero-order valence-corrected chi connectivity index (χ0v) is 12.9. The van der Waals surface area contributed by atoms with Gasteiger partial charge in [-0.1, -0.05) is 6.92 Å². The largest absolute Gasteiger partial charge is 0.356 e. The lowest BCUT2D eigenvalue weighted by molar-refractivity contribution is -0.124. The zero-order valence-electron chi connectivity index (χ0n) is 12.9. The first-order valence-corrected chi connectivity index (χ1v) is 7.33. The van der Waals surface area contributed by atoms with Crippen LogP contribution in [0.2, 0.25) is 0 Å². The molecule has 2 aromatic heterocycles. The van der Waals surface area contributed by atoms with Crippen LogP contribution in [0.5, 0.6) is 0 Å². The molecule has 2 aromatic rings.